The van der Waals surface area contributed by atoms with Crippen molar-refractivity contribution in [1.82, 2.24) is 0 Å². The van der Waals surface area contributed by atoms with Crippen LogP contribution in [0.1, 0.15) is 54.1 Å². The summed E-state index contributed by atoms with van der Waals surface area (Å²) in [5, 5.41) is 0. The van der Waals surface area contributed by atoms with Gasteiger partial charge in [-0.25, -0.2) is 0 Å². The SMILES string of the molecule is CC(C)=CCC(CC(=O)c1ccc(C(F)(F)F)cc1)c1ccccc1Br. The van der Waals surface area contributed by atoms with Gasteiger partial charge in [0.15, 0.2) is 5.78 Å². The molecule has 0 aliphatic carbocycles. The number of halogens is 4. The second-order valence-corrected chi connectivity index (χ2v) is 7.29. The summed E-state index contributed by atoms with van der Waals surface area (Å²) in [5.41, 5.74) is 1.72. The highest BCUT2D eigenvalue weighted by molar-refractivity contribution is 9.10. The van der Waals surface area contributed by atoms with Gasteiger partial charge in [0.05, 0.1) is 5.56 Å². The van der Waals surface area contributed by atoms with Crippen LogP contribution in [0.2, 0.25) is 0 Å². The number of rotatable bonds is 6. The molecule has 138 valence electrons. The molecule has 0 fully saturated rings. The van der Waals surface area contributed by atoms with Gasteiger partial charge in [0.2, 0.25) is 0 Å². The lowest BCUT2D eigenvalue weighted by atomic mass is 9.88. The molecule has 1 nitrogen and oxygen atoms in total. The van der Waals surface area contributed by atoms with Crippen molar-refractivity contribution < 1.29 is 18.0 Å². The van der Waals surface area contributed by atoms with Crippen LogP contribution in [0.4, 0.5) is 13.2 Å². The average molecular weight is 425 g/mol. The second-order valence-electron chi connectivity index (χ2n) is 6.44. The Bertz CT molecular complexity index is 788. The molecule has 0 aromatic heterocycles. The van der Waals surface area contributed by atoms with Gasteiger partial charge in [-0.05, 0) is 49.9 Å². The Hall–Kier alpha value is -1.88. The van der Waals surface area contributed by atoms with Crippen molar-refractivity contribution in [3.8, 4) is 0 Å². The topological polar surface area (TPSA) is 17.1 Å². The Balaban J connectivity index is 2.23. The zero-order chi connectivity index (χ0) is 19.3. The monoisotopic (exact) mass is 424 g/mol. The minimum absolute atomic E-state index is 0.0460. The van der Waals surface area contributed by atoms with Crippen LogP contribution < -0.4 is 0 Å². The van der Waals surface area contributed by atoms with E-state index in [9.17, 15) is 18.0 Å². The standard InChI is InChI=1S/C21H20BrF3O/c1-14(2)7-8-16(18-5-3-4-6-19(18)22)13-20(26)15-9-11-17(12-10-15)21(23,24)25/h3-7,9-12,16H,8,13H2,1-2H3. The number of benzene rings is 2. The zero-order valence-electron chi connectivity index (χ0n) is 14.6. The molecule has 0 aliphatic rings. The van der Waals surface area contributed by atoms with E-state index in [1.54, 1.807) is 0 Å². The smallest absolute Gasteiger partial charge is 0.294 e. The second kappa shape index (κ2) is 8.67. The fourth-order valence-electron chi connectivity index (χ4n) is 2.69. The first-order valence-electron chi connectivity index (χ1n) is 8.26. The third-order valence-electron chi connectivity index (χ3n) is 4.12. The molecule has 5 heteroatoms. The normalized spacial score (nSPS) is 12.5. The number of carbonyl (C=O) groups is 1. The lowest BCUT2D eigenvalue weighted by Gasteiger charge is -2.17. The van der Waals surface area contributed by atoms with E-state index >= 15 is 0 Å². The van der Waals surface area contributed by atoms with E-state index in [4.69, 9.17) is 0 Å². The summed E-state index contributed by atoms with van der Waals surface area (Å²) in [4.78, 5) is 12.6. The summed E-state index contributed by atoms with van der Waals surface area (Å²) in [6.07, 6.45) is -1.40. The van der Waals surface area contributed by atoms with Crippen molar-refractivity contribution in [3.63, 3.8) is 0 Å². The maximum atomic E-state index is 12.7. The fraction of sp³-hybridized carbons (Fsp3) is 0.286. The Morgan fingerprint density at radius 1 is 1.08 bits per heavy atom. The molecule has 0 saturated heterocycles. The highest BCUT2D eigenvalue weighted by Gasteiger charge is 2.30. The average Bonchev–Trinajstić information content (AvgIpc) is 2.58. The van der Waals surface area contributed by atoms with Crippen molar-refractivity contribution in [2.24, 2.45) is 0 Å². The number of allylic oxidation sites excluding steroid dienone is 2. The lowest BCUT2D eigenvalue weighted by Crippen LogP contribution is -2.09. The zero-order valence-corrected chi connectivity index (χ0v) is 16.2. The minimum Gasteiger partial charge on any atom is -0.294 e. The van der Waals surface area contributed by atoms with Gasteiger partial charge < -0.3 is 0 Å². The summed E-state index contributed by atoms with van der Waals surface area (Å²) >= 11 is 3.52. The molecule has 0 radical (unpaired) electrons. The highest BCUT2D eigenvalue weighted by atomic mass is 79.9. The van der Waals surface area contributed by atoms with E-state index in [-0.39, 0.29) is 18.1 Å². The predicted octanol–water partition coefficient (Wildman–Crippen LogP) is 7.18. The Labute approximate surface area is 160 Å². The summed E-state index contributed by atoms with van der Waals surface area (Å²) in [7, 11) is 0. The third-order valence-corrected chi connectivity index (χ3v) is 4.84. The van der Waals surface area contributed by atoms with E-state index in [2.05, 4.69) is 22.0 Å². The summed E-state index contributed by atoms with van der Waals surface area (Å²) in [6.45, 7) is 3.99. The van der Waals surface area contributed by atoms with Crippen molar-refractivity contribution in [2.75, 3.05) is 0 Å². The highest BCUT2D eigenvalue weighted by Crippen LogP contribution is 2.33. The Kier molecular flexibility index (Phi) is 6.81. The van der Waals surface area contributed by atoms with Crippen LogP contribution in [0.15, 0.2) is 64.7 Å². The summed E-state index contributed by atoms with van der Waals surface area (Å²) in [6, 6.07) is 12.1. The first-order chi connectivity index (χ1) is 12.2. The molecule has 26 heavy (non-hydrogen) atoms. The van der Waals surface area contributed by atoms with Crippen molar-refractivity contribution in [2.45, 2.75) is 38.8 Å². The van der Waals surface area contributed by atoms with Gasteiger partial charge in [-0.3, -0.25) is 4.79 Å². The number of hydrogen-bond acceptors (Lipinski definition) is 1. The maximum absolute atomic E-state index is 12.7. The van der Waals surface area contributed by atoms with E-state index < -0.39 is 11.7 Å². The number of hydrogen-bond donors (Lipinski definition) is 0. The summed E-state index contributed by atoms with van der Waals surface area (Å²) < 4.78 is 39.0. The van der Waals surface area contributed by atoms with Crippen LogP contribution in [-0.2, 0) is 6.18 Å². The molecule has 1 atom stereocenters. The number of alkyl halides is 3. The van der Waals surface area contributed by atoms with Crippen LogP contribution in [-0.4, -0.2) is 5.78 Å². The molecule has 0 bridgehead atoms. The van der Waals surface area contributed by atoms with Gasteiger partial charge in [0.25, 0.3) is 0 Å². The maximum Gasteiger partial charge on any atom is 0.416 e. The Morgan fingerprint density at radius 3 is 2.23 bits per heavy atom. The van der Waals surface area contributed by atoms with E-state index in [1.165, 1.54) is 12.1 Å². The molecule has 1 unspecified atom stereocenters. The molecule has 0 aliphatic heterocycles. The molecule has 2 rings (SSSR count). The number of carbonyl (C=O) groups excluding carboxylic acids is 1. The Morgan fingerprint density at radius 2 is 1.69 bits per heavy atom. The van der Waals surface area contributed by atoms with E-state index in [1.807, 2.05) is 38.1 Å². The largest absolute Gasteiger partial charge is 0.416 e. The predicted molar refractivity (Wildman–Crippen MR) is 101 cm³/mol. The molecule has 2 aromatic rings. The van der Waals surface area contributed by atoms with Crippen molar-refractivity contribution >= 4 is 21.7 Å². The van der Waals surface area contributed by atoms with E-state index in [0.717, 1.165) is 27.7 Å². The molecular formula is C21H20BrF3O. The molecule has 0 amide bonds. The number of ketones is 1. The molecular weight excluding hydrogens is 405 g/mol. The minimum atomic E-state index is -4.40. The molecule has 0 saturated carbocycles. The number of Topliss-reactive ketones (excluding diaryl/α,β-unsaturated/α-hetero) is 1. The summed E-state index contributed by atoms with van der Waals surface area (Å²) in [5.74, 6) is -0.211. The van der Waals surface area contributed by atoms with Crippen LogP contribution in [0.25, 0.3) is 0 Å². The van der Waals surface area contributed by atoms with Crippen LogP contribution >= 0.6 is 15.9 Å². The van der Waals surface area contributed by atoms with Gasteiger partial charge in [0, 0.05) is 16.5 Å². The van der Waals surface area contributed by atoms with Crippen LogP contribution in [0, 0.1) is 0 Å². The third kappa shape index (κ3) is 5.56. The van der Waals surface area contributed by atoms with E-state index in [0.29, 0.717) is 12.0 Å². The van der Waals surface area contributed by atoms with Crippen molar-refractivity contribution in [3.05, 3.63) is 81.3 Å². The van der Waals surface area contributed by atoms with Gasteiger partial charge >= 0.3 is 6.18 Å². The molecule has 0 heterocycles. The first-order valence-corrected chi connectivity index (χ1v) is 9.06. The molecule has 0 N–H and O–H groups in total. The van der Waals surface area contributed by atoms with Gasteiger partial charge in [-0.15, -0.1) is 0 Å². The van der Waals surface area contributed by atoms with Gasteiger partial charge in [0.1, 0.15) is 0 Å². The van der Waals surface area contributed by atoms with Crippen LogP contribution in [0.5, 0.6) is 0 Å². The van der Waals surface area contributed by atoms with Gasteiger partial charge in [-0.2, -0.15) is 13.2 Å². The molecule has 2 aromatic carbocycles. The van der Waals surface area contributed by atoms with Gasteiger partial charge in [-0.1, -0.05) is 57.9 Å². The van der Waals surface area contributed by atoms with Crippen LogP contribution in [0.3, 0.4) is 0 Å². The first kappa shape index (κ1) is 20.4. The van der Waals surface area contributed by atoms with Crippen molar-refractivity contribution in [1.29, 1.82) is 0 Å². The fourth-order valence-corrected chi connectivity index (χ4v) is 3.30. The lowest BCUT2D eigenvalue weighted by molar-refractivity contribution is -0.137. The quantitative estimate of drug-likeness (QED) is 0.354. The molecule has 0 spiro atoms.